The first-order valence-corrected chi connectivity index (χ1v) is 9.47. The highest BCUT2D eigenvalue weighted by Gasteiger charge is 2.48. The van der Waals surface area contributed by atoms with Gasteiger partial charge in [0.1, 0.15) is 18.2 Å². The highest BCUT2D eigenvalue weighted by molar-refractivity contribution is 5.29. The van der Waals surface area contributed by atoms with Gasteiger partial charge in [-0.25, -0.2) is 4.39 Å². The fourth-order valence-corrected chi connectivity index (χ4v) is 4.66. The molecule has 2 bridgehead atoms. The van der Waals surface area contributed by atoms with Gasteiger partial charge in [0.2, 0.25) is 0 Å². The van der Waals surface area contributed by atoms with Crippen LogP contribution in [0.15, 0.2) is 48.5 Å². The average molecular weight is 365 g/mol. The molecule has 0 aromatic heterocycles. The van der Waals surface area contributed by atoms with Gasteiger partial charge in [-0.1, -0.05) is 36.3 Å². The zero-order valence-corrected chi connectivity index (χ0v) is 15.3. The Morgan fingerprint density at radius 1 is 1.11 bits per heavy atom. The van der Waals surface area contributed by atoms with Crippen molar-refractivity contribution in [3.63, 3.8) is 0 Å². The van der Waals surface area contributed by atoms with Crippen molar-refractivity contribution in [3.05, 3.63) is 65.5 Å². The Bertz CT molecular complexity index is 828. The van der Waals surface area contributed by atoms with E-state index in [4.69, 9.17) is 11.2 Å². The van der Waals surface area contributed by atoms with Gasteiger partial charge in [-0.2, -0.15) is 0 Å². The molecule has 2 fully saturated rings. The van der Waals surface area contributed by atoms with Crippen molar-refractivity contribution in [2.45, 2.75) is 49.9 Å². The van der Waals surface area contributed by atoms with E-state index in [9.17, 15) is 9.50 Å². The smallest absolute Gasteiger partial charge is 0.148 e. The second-order valence-electron chi connectivity index (χ2n) is 7.61. The molecule has 2 saturated heterocycles. The molecule has 0 saturated carbocycles. The molecule has 0 radical (unpaired) electrons. The molecule has 3 nitrogen and oxygen atoms in total. The van der Waals surface area contributed by atoms with Crippen molar-refractivity contribution in [3.8, 4) is 18.1 Å². The Labute approximate surface area is 159 Å². The lowest BCUT2D eigenvalue weighted by Crippen LogP contribution is -2.49. The number of rotatable bonds is 5. The zero-order valence-electron chi connectivity index (χ0n) is 15.3. The van der Waals surface area contributed by atoms with E-state index >= 15 is 0 Å². The minimum absolute atomic E-state index is 0.268. The summed E-state index contributed by atoms with van der Waals surface area (Å²) < 4.78 is 19.7. The number of nitrogens with zero attached hydrogens (tertiary/aromatic N) is 1. The Kier molecular flexibility index (Phi) is 4.90. The first-order chi connectivity index (χ1) is 13.1. The summed E-state index contributed by atoms with van der Waals surface area (Å²) in [7, 11) is 0. The molecule has 1 N–H and O–H groups in total. The largest absolute Gasteiger partial charge is 0.481 e. The summed E-state index contributed by atoms with van der Waals surface area (Å²) in [6, 6.07) is 15.2. The maximum atomic E-state index is 14.3. The van der Waals surface area contributed by atoms with Gasteiger partial charge in [0, 0.05) is 24.2 Å². The van der Waals surface area contributed by atoms with E-state index in [-0.39, 0.29) is 24.5 Å². The first kappa shape index (κ1) is 18.0. The number of benzene rings is 2. The van der Waals surface area contributed by atoms with Crippen LogP contribution in [0.3, 0.4) is 0 Å². The van der Waals surface area contributed by atoms with Gasteiger partial charge < -0.3 is 9.84 Å². The van der Waals surface area contributed by atoms with E-state index < -0.39 is 5.60 Å². The topological polar surface area (TPSA) is 32.7 Å². The molecular weight excluding hydrogens is 341 g/mol. The molecule has 140 valence electrons. The lowest BCUT2D eigenvalue weighted by atomic mass is 9.80. The van der Waals surface area contributed by atoms with Crippen LogP contribution in [0.1, 0.15) is 36.8 Å². The Hall–Kier alpha value is -2.35. The molecular formula is C23H24FNO2. The molecule has 2 atom stereocenters. The molecule has 27 heavy (non-hydrogen) atoms. The fourth-order valence-electron chi connectivity index (χ4n) is 4.66. The highest BCUT2D eigenvalue weighted by atomic mass is 19.1. The maximum absolute atomic E-state index is 14.3. The van der Waals surface area contributed by atoms with Crippen LogP contribution in [0.5, 0.6) is 5.75 Å². The van der Waals surface area contributed by atoms with Crippen LogP contribution in [-0.2, 0) is 12.1 Å². The summed E-state index contributed by atoms with van der Waals surface area (Å²) in [4.78, 5) is 2.46. The number of aliphatic hydroxyl groups is 1. The molecule has 2 aliphatic rings. The van der Waals surface area contributed by atoms with Crippen molar-refractivity contribution < 1.29 is 14.2 Å². The van der Waals surface area contributed by atoms with Crippen molar-refractivity contribution in [1.82, 2.24) is 4.90 Å². The Morgan fingerprint density at radius 2 is 1.78 bits per heavy atom. The van der Waals surface area contributed by atoms with Gasteiger partial charge in [0.25, 0.3) is 0 Å². The summed E-state index contributed by atoms with van der Waals surface area (Å²) in [6.45, 7) is 1.10. The van der Waals surface area contributed by atoms with E-state index in [1.807, 2.05) is 12.1 Å². The third-order valence-electron chi connectivity index (χ3n) is 5.90. The van der Waals surface area contributed by atoms with Gasteiger partial charge in [0.15, 0.2) is 0 Å². The summed E-state index contributed by atoms with van der Waals surface area (Å²) >= 11 is 0. The fraction of sp³-hybridized carbons (Fsp3) is 0.391. The maximum Gasteiger partial charge on any atom is 0.148 e. The van der Waals surface area contributed by atoms with Crippen molar-refractivity contribution in [1.29, 1.82) is 0 Å². The summed E-state index contributed by atoms with van der Waals surface area (Å²) in [5, 5.41) is 11.2. The van der Waals surface area contributed by atoms with Gasteiger partial charge >= 0.3 is 0 Å². The second kappa shape index (κ2) is 7.34. The number of terminal acetylenes is 1. The monoisotopic (exact) mass is 365 g/mol. The molecule has 0 unspecified atom stereocenters. The van der Waals surface area contributed by atoms with Crippen LogP contribution >= 0.6 is 0 Å². The minimum Gasteiger partial charge on any atom is -0.481 e. The summed E-state index contributed by atoms with van der Waals surface area (Å²) in [5.41, 5.74) is 0.577. The van der Waals surface area contributed by atoms with Crippen LogP contribution < -0.4 is 4.74 Å². The standard InChI is InChI=1S/C23H24FNO2/c1-2-13-27-20-11-7-17(8-12-20)16-25-18-9-10-19(25)15-23(26,14-18)21-5-3-4-6-22(21)24/h1,3-8,11-12,18-19,26H,9-10,13-16H2/t18-,19-/m0/s1. The highest BCUT2D eigenvalue weighted by Crippen LogP contribution is 2.46. The normalized spacial score (nSPS) is 27.3. The Morgan fingerprint density at radius 3 is 2.41 bits per heavy atom. The van der Waals surface area contributed by atoms with Crippen LogP contribution in [0.25, 0.3) is 0 Å². The van der Waals surface area contributed by atoms with Gasteiger partial charge in [-0.05, 0) is 49.4 Å². The molecule has 0 spiro atoms. The van der Waals surface area contributed by atoms with Gasteiger partial charge in [0.05, 0.1) is 5.60 Å². The lowest BCUT2D eigenvalue weighted by molar-refractivity contribution is -0.0615. The molecule has 2 aromatic rings. The minimum atomic E-state index is -1.07. The summed E-state index contributed by atoms with van der Waals surface area (Å²) in [6.07, 6.45) is 8.46. The third kappa shape index (κ3) is 3.58. The second-order valence-corrected chi connectivity index (χ2v) is 7.61. The molecule has 0 amide bonds. The van der Waals surface area contributed by atoms with Crippen molar-refractivity contribution >= 4 is 0 Å². The van der Waals surface area contributed by atoms with Gasteiger partial charge in [-0.3, -0.25) is 4.90 Å². The number of ether oxygens (including phenoxy) is 1. The van der Waals surface area contributed by atoms with E-state index in [2.05, 4.69) is 23.0 Å². The molecule has 0 aliphatic carbocycles. The number of fused-ring (bicyclic) bond motifs is 2. The molecule has 4 rings (SSSR count). The SMILES string of the molecule is C#CCOc1ccc(CN2[C@H]3CC[C@H]2CC(O)(c2ccccc2F)C3)cc1. The number of hydrogen-bond acceptors (Lipinski definition) is 3. The Balaban J connectivity index is 1.47. The van der Waals surface area contributed by atoms with Crippen LogP contribution in [0.4, 0.5) is 4.39 Å². The van der Waals surface area contributed by atoms with Crippen LogP contribution in [0.2, 0.25) is 0 Å². The van der Waals surface area contributed by atoms with Crippen molar-refractivity contribution in [2.24, 2.45) is 0 Å². The van der Waals surface area contributed by atoms with Crippen molar-refractivity contribution in [2.75, 3.05) is 6.61 Å². The number of halogens is 1. The molecule has 2 heterocycles. The molecule has 2 aliphatic heterocycles. The quantitative estimate of drug-likeness (QED) is 0.817. The lowest BCUT2D eigenvalue weighted by Gasteiger charge is -2.44. The zero-order chi connectivity index (χ0) is 18.9. The van der Waals surface area contributed by atoms with E-state index in [1.54, 1.807) is 18.2 Å². The number of hydrogen-bond donors (Lipinski definition) is 1. The summed E-state index contributed by atoms with van der Waals surface area (Å²) in [5.74, 6) is 2.92. The van der Waals surface area contributed by atoms with Gasteiger partial charge in [-0.15, -0.1) is 6.42 Å². The first-order valence-electron chi connectivity index (χ1n) is 9.47. The predicted octanol–water partition coefficient (Wildman–Crippen LogP) is 3.85. The van der Waals surface area contributed by atoms with E-state index in [1.165, 1.54) is 11.6 Å². The average Bonchev–Trinajstić information content (AvgIpc) is 2.91. The predicted molar refractivity (Wildman–Crippen MR) is 103 cm³/mol. The number of piperidine rings is 1. The molecule has 4 heteroatoms. The molecule has 2 aromatic carbocycles. The third-order valence-corrected chi connectivity index (χ3v) is 5.90. The van der Waals surface area contributed by atoms with Crippen LogP contribution in [-0.4, -0.2) is 28.7 Å². The van der Waals surface area contributed by atoms with E-state index in [0.717, 1.165) is 25.1 Å². The van der Waals surface area contributed by atoms with Crippen LogP contribution in [0, 0.1) is 18.2 Å². The van der Waals surface area contributed by atoms with E-state index in [0.29, 0.717) is 18.4 Å².